The van der Waals surface area contributed by atoms with E-state index in [1.165, 1.54) is 24.1 Å². The smallest absolute Gasteiger partial charge is 0.282 e. The lowest BCUT2D eigenvalue weighted by Crippen LogP contribution is -2.23. The largest absolute Gasteiger partial charge is 0.504 e. The van der Waals surface area contributed by atoms with Gasteiger partial charge in [-0.05, 0) is 30.7 Å². The number of benzene rings is 2. The molecule has 0 saturated carbocycles. The first-order valence-corrected chi connectivity index (χ1v) is 9.85. The van der Waals surface area contributed by atoms with Crippen LogP contribution in [0.5, 0.6) is 11.5 Å². The second-order valence-electron chi connectivity index (χ2n) is 6.35. The predicted molar refractivity (Wildman–Crippen MR) is 115 cm³/mol. The summed E-state index contributed by atoms with van der Waals surface area (Å²) in [6.07, 6.45) is 2.17. The zero-order valence-electron chi connectivity index (χ0n) is 15.6. The third kappa shape index (κ3) is 3.91. The maximum absolute atomic E-state index is 13.1. The SMILES string of the molecule is CC[C@H](C)c1nc2ccc(Br)cc2c(=O)n1N=Cc1cc(Cl)cc(OC)c1O. The normalized spacial score (nSPS) is 12.6. The van der Waals surface area contributed by atoms with Crippen molar-refractivity contribution in [3.05, 3.63) is 61.6 Å². The number of halogens is 2. The van der Waals surface area contributed by atoms with Gasteiger partial charge in [-0.1, -0.05) is 41.4 Å². The first-order chi connectivity index (χ1) is 13.3. The van der Waals surface area contributed by atoms with Crippen molar-refractivity contribution < 1.29 is 9.84 Å². The predicted octanol–water partition coefficient (Wildman–Crippen LogP) is 4.92. The van der Waals surface area contributed by atoms with Crippen LogP contribution in [0.25, 0.3) is 10.9 Å². The number of aromatic nitrogens is 2. The third-order valence-corrected chi connectivity index (χ3v) is 5.20. The molecule has 3 aromatic rings. The first-order valence-electron chi connectivity index (χ1n) is 8.68. The Morgan fingerprint density at radius 3 is 2.82 bits per heavy atom. The zero-order chi connectivity index (χ0) is 20.4. The number of ether oxygens (including phenoxy) is 1. The maximum Gasteiger partial charge on any atom is 0.282 e. The van der Waals surface area contributed by atoms with Crippen molar-refractivity contribution >= 4 is 44.6 Å². The lowest BCUT2D eigenvalue weighted by atomic mass is 10.1. The van der Waals surface area contributed by atoms with E-state index in [-0.39, 0.29) is 23.0 Å². The Morgan fingerprint density at radius 2 is 2.14 bits per heavy atom. The average molecular weight is 465 g/mol. The molecule has 0 aliphatic rings. The van der Waals surface area contributed by atoms with Gasteiger partial charge in [0.05, 0.1) is 24.2 Å². The van der Waals surface area contributed by atoms with Gasteiger partial charge < -0.3 is 9.84 Å². The molecule has 0 radical (unpaired) electrons. The van der Waals surface area contributed by atoms with Gasteiger partial charge in [0.2, 0.25) is 0 Å². The molecular formula is C20H19BrClN3O3. The molecule has 0 fully saturated rings. The van der Waals surface area contributed by atoms with Crippen LogP contribution in [0.1, 0.15) is 37.6 Å². The third-order valence-electron chi connectivity index (χ3n) is 4.49. The van der Waals surface area contributed by atoms with Crippen molar-refractivity contribution in [2.75, 3.05) is 7.11 Å². The van der Waals surface area contributed by atoms with Gasteiger partial charge in [-0.15, -0.1) is 0 Å². The fourth-order valence-corrected chi connectivity index (χ4v) is 3.33. The summed E-state index contributed by atoms with van der Waals surface area (Å²) in [4.78, 5) is 17.7. The average Bonchev–Trinajstić information content (AvgIpc) is 2.68. The van der Waals surface area contributed by atoms with E-state index >= 15 is 0 Å². The van der Waals surface area contributed by atoms with Gasteiger partial charge in [0.15, 0.2) is 11.5 Å². The van der Waals surface area contributed by atoms with E-state index in [9.17, 15) is 9.90 Å². The fraction of sp³-hybridized carbons (Fsp3) is 0.250. The number of hydrogen-bond donors (Lipinski definition) is 1. The van der Waals surface area contributed by atoms with Crippen LogP contribution in [0.3, 0.4) is 0 Å². The highest BCUT2D eigenvalue weighted by Gasteiger charge is 2.16. The molecule has 0 bridgehead atoms. The van der Waals surface area contributed by atoms with E-state index in [4.69, 9.17) is 16.3 Å². The highest BCUT2D eigenvalue weighted by Crippen LogP contribution is 2.32. The Kier molecular flexibility index (Phi) is 6.05. The van der Waals surface area contributed by atoms with Gasteiger partial charge >= 0.3 is 0 Å². The maximum atomic E-state index is 13.1. The number of hydrogen-bond acceptors (Lipinski definition) is 5. The molecule has 0 aliphatic heterocycles. The Morgan fingerprint density at radius 1 is 1.39 bits per heavy atom. The summed E-state index contributed by atoms with van der Waals surface area (Å²) < 4.78 is 7.16. The van der Waals surface area contributed by atoms with Gasteiger partial charge in [-0.25, -0.2) is 4.98 Å². The zero-order valence-corrected chi connectivity index (χ0v) is 18.0. The monoisotopic (exact) mass is 463 g/mol. The Bertz CT molecular complexity index is 1130. The minimum atomic E-state index is -0.286. The van der Waals surface area contributed by atoms with Crippen molar-refractivity contribution in [3.8, 4) is 11.5 Å². The minimum Gasteiger partial charge on any atom is -0.504 e. The summed E-state index contributed by atoms with van der Waals surface area (Å²) in [6, 6.07) is 8.41. The molecule has 8 heteroatoms. The lowest BCUT2D eigenvalue weighted by molar-refractivity contribution is 0.373. The van der Waals surface area contributed by atoms with Crippen LogP contribution in [-0.4, -0.2) is 28.1 Å². The number of phenolic OH excluding ortho intramolecular Hbond substituents is 1. The van der Waals surface area contributed by atoms with Crippen LogP contribution >= 0.6 is 27.5 Å². The standard InChI is InChI=1S/C20H19BrClN3O3/c1-4-11(2)19-24-16-6-5-13(21)8-15(16)20(27)25(19)23-10-12-7-14(22)9-17(28-3)18(12)26/h5-11,26H,4H2,1-3H3/t11-/m0/s1. The second-order valence-corrected chi connectivity index (χ2v) is 7.70. The van der Waals surface area contributed by atoms with E-state index in [0.717, 1.165) is 10.9 Å². The molecule has 0 saturated heterocycles. The van der Waals surface area contributed by atoms with Crippen LogP contribution in [0, 0.1) is 0 Å². The summed E-state index contributed by atoms with van der Waals surface area (Å²) in [5.74, 6) is 0.682. The summed E-state index contributed by atoms with van der Waals surface area (Å²) in [7, 11) is 1.43. The van der Waals surface area contributed by atoms with Gasteiger partial charge in [0.1, 0.15) is 5.82 Å². The first kappa shape index (κ1) is 20.4. The van der Waals surface area contributed by atoms with Crippen molar-refractivity contribution in [2.45, 2.75) is 26.2 Å². The van der Waals surface area contributed by atoms with Gasteiger partial charge in [-0.3, -0.25) is 4.79 Å². The highest BCUT2D eigenvalue weighted by atomic mass is 79.9. The molecule has 1 atom stereocenters. The number of phenols is 1. The Balaban J connectivity index is 2.22. The van der Waals surface area contributed by atoms with Crippen LogP contribution in [-0.2, 0) is 0 Å². The number of rotatable bonds is 5. The number of methoxy groups -OCH3 is 1. The van der Waals surface area contributed by atoms with E-state index in [0.29, 0.717) is 27.3 Å². The van der Waals surface area contributed by atoms with Crippen molar-refractivity contribution in [1.82, 2.24) is 9.66 Å². The number of nitrogens with zero attached hydrogens (tertiary/aromatic N) is 3. The minimum absolute atomic E-state index is 0.0143. The molecule has 6 nitrogen and oxygen atoms in total. The summed E-state index contributed by atoms with van der Waals surface area (Å²) >= 11 is 9.46. The van der Waals surface area contributed by atoms with Crippen LogP contribution in [0.4, 0.5) is 0 Å². The summed E-state index contributed by atoms with van der Waals surface area (Å²) in [6.45, 7) is 4.00. The van der Waals surface area contributed by atoms with Crippen LogP contribution < -0.4 is 10.3 Å². The highest BCUT2D eigenvalue weighted by molar-refractivity contribution is 9.10. The molecular weight excluding hydrogens is 446 g/mol. The van der Waals surface area contributed by atoms with Gasteiger partial charge in [0, 0.05) is 27.0 Å². The van der Waals surface area contributed by atoms with Crippen molar-refractivity contribution in [2.24, 2.45) is 5.10 Å². The molecule has 28 heavy (non-hydrogen) atoms. The molecule has 0 unspecified atom stereocenters. The molecule has 1 heterocycles. The van der Waals surface area contributed by atoms with Crippen LogP contribution in [0.15, 0.2) is 44.7 Å². The lowest BCUT2D eigenvalue weighted by Gasteiger charge is -2.14. The van der Waals surface area contributed by atoms with Crippen molar-refractivity contribution in [1.29, 1.82) is 0 Å². The molecule has 146 valence electrons. The quantitative estimate of drug-likeness (QED) is 0.544. The summed E-state index contributed by atoms with van der Waals surface area (Å²) in [5.41, 5.74) is 0.661. The molecule has 0 aliphatic carbocycles. The molecule has 1 aromatic heterocycles. The topological polar surface area (TPSA) is 76.7 Å². The number of aromatic hydroxyl groups is 1. The fourth-order valence-electron chi connectivity index (χ4n) is 2.75. The Labute approximate surface area is 175 Å². The summed E-state index contributed by atoms with van der Waals surface area (Å²) in [5, 5.41) is 15.5. The molecule has 3 rings (SSSR count). The molecule has 0 spiro atoms. The van der Waals surface area contributed by atoms with E-state index in [2.05, 4.69) is 26.0 Å². The van der Waals surface area contributed by atoms with E-state index in [1.54, 1.807) is 18.2 Å². The molecule has 2 aromatic carbocycles. The second kappa shape index (κ2) is 8.32. The van der Waals surface area contributed by atoms with E-state index in [1.807, 2.05) is 19.9 Å². The van der Waals surface area contributed by atoms with Crippen molar-refractivity contribution in [3.63, 3.8) is 0 Å². The molecule has 1 N–H and O–H groups in total. The molecule has 0 amide bonds. The Hall–Kier alpha value is -2.38. The van der Waals surface area contributed by atoms with E-state index < -0.39 is 0 Å². The van der Waals surface area contributed by atoms with Crippen LogP contribution in [0.2, 0.25) is 5.02 Å². The van der Waals surface area contributed by atoms with Gasteiger partial charge in [-0.2, -0.15) is 9.78 Å². The van der Waals surface area contributed by atoms with Gasteiger partial charge in [0.25, 0.3) is 5.56 Å². The number of fused-ring (bicyclic) bond motifs is 1.